The van der Waals surface area contributed by atoms with Crippen molar-refractivity contribution in [2.24, 2.45) is 10.6 Å². The predicted octanol–water partition coefficient (Wildman–Crippen LogP) is 2.37. The van der Waals surface area contributed by atoms with E-state index in [0.29, 0.717) is 6.54 Å². The van der Waals surface area contributed by atoms with E-state index in [1.807, 2.05) is 20.8 Å². The SMILES string of the molecule is CC(C)(C)C(=O)ON1CCCCC1c1ccc(S(N)(=O)=O)cc1. The maximum Gasteiger partial charge on any atom is 0.330 e. The minimum Gasteiger partial charge on any atom is -0.367 e. The summed E-state index contributed by atoms with van der Waals surface area (Å²) >= 11 is 0. The van der Waals surface area contributed by atoms with E-state index in [-0.39, 0.29) is 16.9 Å². The van der Waals surface area contributed by atoms with E-state index < -0.39 is 15.4 Å². The van der Waals surface area contributed by atoms with Gasteiger partial charge in [0.15, 0.2) is 0 Å². The van der Waals surface area contributed by atoms with E-state index in [9.17, 15) is 13.2 Å². The Kier molecular flexibility index (Phi) is 5.13. The molecule has 1 aliphatic heterocycles. The summed E-state index contributed by atoms with van der Waals surface area (Å²) in [5, 5.41) is 6.83. The Morgan fingerprint density at radius 2 is 1.83 bits per heavy atom. The van der Waals surface area contributed by atoms with Gasteiger partial charge in [-0.05, 0) is 51.3 Å². The molecule has 2 N–H and O–H groups in total. The van der Waals surface area contributed by atoms with E-state index in [1.165, 1.54) is 12.1 Å². The number of rotatable bonds is 3. The first kappa shape index (κ1) is 17.9. The number of piperidine rings is 1. The number of benzene rings is 1. The normalized spacial score (nSPS) is 20.3. The number of nitrogens with zero attached hydrogens (tertiary/aromatic N) is 1. The third-order valence-corrected chi connectivity index (χ3v) is 4.79. The van der Waals surface area contributed by atoms with E-state index in [0.717, 1.165) is 24.8 Å². The van der Waals surface area contributed by atoms with Gasteiger partial charge in [-0.2, -0.15) is 0 Å². The van der Waals surface area contributed by atoms with Crippen molar-refractivity contribution in [2.75, 3.05) is 6.54 Å². The van der Waals surface area contributed by atoms with Crippen LogP contribution in [0.1, 0.15) is 51.6 Å². The molecule has 0 bridgehead atoms. The number of nitrogens with two attached hydrogens (primary N) is 1. The standard InChI is InChI=1S/C16H24N2O4S/c1-16(2,3)15(19)22-18-11-5-4-6-14(18)12-7-9-13(10-8-12)23(17,20)21/h7-10,14H,4-6,11H2,1-3H3,(H2,17,20,21). The second-order valence-corrected chi connectivity index (χ2v) is 8.46. The summed E-state index contributed by atoms with van der Waals surface area (Å²) in [6.07, 6.45) is 2.85. The van der Waals surface area contributed by atoms with Crippen LogP contribution in [-0.2, 0) is 19.7 Å². The van der Waals surface area contributed by atoms with Crippen LogP contribution in [0.4, 0.5) is 0 Å². The second-order valence-electron chi connectivity index (χ2n) is 6.90. The van der Waals surface area contributed by atoms with Crippen molar-refractivity contribution in [1.82, 2.24) is 5.06 Å². The van der Waals surface area contributed by atoms with Gasteiger partial charge < -0.3 is 4.84 Å². The minimum atomic E-state index is -3.70. The first-order valence-electron chi connectivity index (χ1n) is 7.71. The van der Waals surface area contributed by atoms with Crippen LogP contribution < -0.4 is 5.14 Å². The molecule has 2 rings (SSSR count). The van der Waals surface area contributed by atoms with Gasteiger partial charge in [-0.3, -0.25) is 0 Å². The zero-order valence-corrected chi connectivity index (χ0v) is 14.6. The first-order chi connectivity index (χ1) is 10.6. The molecule has 1 aromatic rings. The van der Waals surface area contributed by atoms with Crippen LogP contribution in [0.5, 0.6) is 0 Å². The van der Waals surface area contributed by atoms with Gasteiger partial charge in [-0.1, -0.05) is 18.6 Å². The molecule has 1 atom stereocenters. The van der Waals surface area contributed by atoms with Gasteiger partial charge >= 0.3 is 5.97 Å². The van der Waals surface area contributed by atoms with Gasteiger partial charge in [0.1, 0.15) is 0 Å². The third kappa shape index (κ3) is 4.53. The highest BCUT2D eigenvalue weighted by atomic mass is 32.2. The highest BCUT2D eigenvalue weighted by Gasteiger charge is 2.31. The van der Waals surface area contributed by atoms with E-state index in [4.69, 9.17) is 9.98 Å². The van der Waals surface area contributed by atoms with Crippen molar-refractivity contribution in [3.63, 3.8) is 0 Å². The number of sulfonamides is 1. The monoisotopic (exact) mass is 340 g/mol. The fraction of sp³-hybridized carbons (Fsp3) is 0.562. The van der Waals surface area contributed by atoms with E-state index in [2.05, 4.69) is 0 Å². The van der Waals surface area contributed by atoms with Gasteiger partial charge in [-0.25, -0.2) is 18.4 Å². The lowest BCUT2D eigenvalue weighted by atomic mass is 9.96. The molecule has 0 amide bonds. The highest BCUT2D eigenvalue weighted by Crippen LogP contribution is 2.32. The largest absolute Gasteiger partial charge is 0.367 e. The van der Waals surface area contributed by atoms with Crippen molar-refractivity contribution in [1.29, 1.82) is 0 Å². The molecule has 6 nitrogen and oxygen atoms in total. The number of hydroxylamine groups is 2. The second kappa shape index (κ2) is 6.59. The van der Waals surface area contributed by atoms with Crippen molar-refractivity contribution in [3.05, 3.63) is 29.8 Å². The zero-order chi connectivity index (χ0) is 17.3. The number of primary sulfonamides is 1. The topological polar surface area (TPSA) is 89.7 Å². The summed E-state index contributed by atoms with van der Waals surface area (Å²) < 4.78 is 22.7. The van der Waals surface area contributed by atoms with E-state index >= 15 is 0 Å². The molecule has 0 aliphatic carbocycles. The molecular formula is C16H24N2O4S. The lowest BCUT2D eigenvalue weighted by molar-refractivity contribution is -0.218. The van der Waals surface area contributed by atoms with E-state index in [1.54, 1.807) is 17.2 Å². The van der Waals surface area contributed by atoms with Crippen LogP contribution >= 0.6 is 0 Å². The van der Waals surface area contributed by atoms with Crippen molar-refractivity contribution < 1.29 is 18.0 Å². The fourth-order valence-electron chi connectivity index (χ4n) is 2.47. The van der Waals surface area contributed by atoms with Crippen LogP contribution in [0, 0.1) is 5.41 Å². The number of hydrogen-bond acceptors (Lipinski definition) is 5. The fourth-order valence-corrected chi connectivity index (χ4v) is 2.99. The molecule has 1 aromatic carbocycles. The van der Waals surface area contributed by atoms with Crippen LogP contribution in [0.25, 0.3) is 0 Å². The Balaban J connectivity index is 2.20. The number of carbonyl (C=O) groups is 1. The van der Waals surface area contributed by atoms with Crippen LogP contribution in [0.2, 0.25) is 0 Å². The third-order valence-electron chi connectivity index (χ3n) is 3.86. The van der Waals surface area contributed by atoms with Crippen LogP contribution in [0.3, 0.4) is 0 Å². The average Bonchev–Trinajstić information content (AvgIpc) is 2.46. The summed E-state index contributed by atoms with van der Waals surface area (Å²) in [5.41, 5.74) is 0.346. The Bertz CT molecular complexity index is 662. The molecular weight excluding hydrogens is 316 g/mol. The molecule has 1 heterocycles. The quantitative estimate of drug-likeness (QED) is 0.912. The summed E-state index contributed by atoms with van der Waals surface area (Å²) in [7, 11) is -3.70. The average molecular weight is 340 g/mol. The van der Waals surface area contributed by atoms with Gasteiger partial charge in [0.25, 0.3) is 0 Å². The maximum absolute atomic E-state index is 12.1. The maximum atomic E-state index is 12.1. The van der Waals surface area contributed by atoms with Crippen molar-refractivity contribution in [2.45, 2.75) is 51.0 Å². The van der Waals surface area contributed by atoms with Crippen molar-refractivity contribution in [3.8, 4) is 0 Å². The lowest BCUT2D eigenvalue weighted by Gasteiger charge is -2.35. The lowest BCUT2D eigenvalue weighted by Crippen LogP contribution is -2.38. The zero-order valence-electron chi connectivity index (χ0n) is 13.8. The van der Waals surface area contributed by atoms with Gasteiger partial charge in [0.05, 0.1) is 16.4 Å². The van der Waals surface area contributed by atoms with Gasteiger partial charge in [0.2, 0.25) is 10.0 Å². The molecule has 23 heavy (non-hydrogen) atoms. The molecule has 0 saturated carbocycles. The highest BCUT2D eigenvalue weighted by molar-refractivity contribution is 7.89. The summed E-state index contributed by atoms with van der Waals surface area (Å²) in [4.78, 5) is 17.8. The molecule has 1 unspecified atom stereocenters. The summed E-state index contributed by atoms with van der Waals surface area (Å²) in [6, 6.07) is 6.37. The van der Waals surface area contributed by atoms with Gasteiger partial charge in [0, 0.05) is 6.54 Å². The number of hydrogen-bond donors (Lipinski definition) is 1. The van der Waals surface area contributed by atoms with Crippen LogP contribution in [0.15, 0.2) is 29.2 Å². The molecule has 128 valence electrons. The predicted molar refractivity (Wildman–Crippen MR) is 86.7 cm³/mol. The minimum absolute atomic E-state index is 0.0652. The molecule has 0 spiro atoms. The Labute approximate surface area is 137 Å². The Morgan fingerprint density at radius 3 is 2.35 bits per heavy atom. The number of carbonyl (C=O) groups excluding carboxylic acids is 1. The Morgan fingerprint density at radius 1 is 1.22 bits per heavy atom. The first-order valence-corrected chi connectivity index (χ1v) is 9.25. The summed E-state index contributed by atoms with van der Waals surface area (Å²) in [6.45, 7) is 6.11. The molecule has 7 heteroatoms. The van der Waals surface area contributed by atoms with Crippen LogP contribution in [-0.4, -0.2) is 26.0 Å². The summed E-state index contributed by atoms with van der Waals surface area (Å²) in [5.74, 6) is -0.273. The molecule has 1 fully saturated rings. The van der Waals surface area contributed by atoms with Gasteiger partial charge in [-0.15, -0.1) is 5.06 Å². The molecule has 1 aliphatic rings. The molecule has 1 saturated heterocycles. The smallest absolute Gasteiger partial charge is 0.330 e. The molecule has 0 radical (unpaired) electrons. The Hall–Kier alpha value is -1.44. The van der Waals surface area contributed by atoms with Crippen molar-refractivity contribution >= 4 is 16.0 Å². The molecule has 0 aromatic heterocycles.